The fourth-order valence-corrected chi connectivity index (χ4v) is 2.20. The average Bonchev–Trinajstić information content (AvgIpc) is 2.34. The van der Waals surface area contributed by atoms with Crippen LogP contribution in [0.2, 0.25) is 0 Å². The quantitative estimate of drug-likeness (QED) is 0.892. The first-order valence-electron chi connectivity index (χ1n) is 5.06. The van der Waals surface area contributed by atoms with Gasteiger partial charge >= 0.3 is 5.97 Å². The molecule has 5 heteroatoms. The maximum Gasteiger partial charge on any atom is 0.335 e. The zero-order chi connectivity index (χ0) is 13.1. The summed E-state index contributed by atoms with van der Waals surface area (Å²) in [5.41, 5.74) is 0.205. The van der Waals surface area contributed by atoms with Gasteiger partial charge in [0.1, 0.15) is 0 Å². The Morgan fingerprint density at radius 2 is 1.67 bits per heavy atom. The van der Waals surface area contributed by atoms with Crippen molar-refractivity contribution < 1.29 is 19.4 Å². The van der Waals surface area contributed by atoms with E-state index in [-0.39, 0.29) is 11.3 Å². The number of rotatable bonds is 3. The molecule has 0 amide bonds. The van der Waals surface area contributed by atoms with E-state index in [1.807, 2.05) is 0 Å². The average molecular weight is 264 g/mol. The number of carbonyl (C=O) groups is 1. The van der Waals surface area contributed by atoms with Crippen molar-refractivity contribution in [3.8, 4) is 5.75 Å². The Bertz CT molecular complexity index is 581. The van der Waals surface area contributed by atoms with Crippen LogP contribution in [0.5, 0.6) is 5.75 Å². The largest absolute Gasteiger partial charge is 0.505 e. The Kier molecular flexibility index (Phi) is 3.53. The minimum atomic E-state index is -0.984. The van der Waals surface area contributed by atoms with Crippen molar-refractivity contribution in [1.82, 2.24) is 0 Å². The summed E-state index contributed by atoms with van der Waals surface area (Å²) in [5.74, 6) is -2.05. The van der Waals surface area contributed by atoms with E-state index in [0.29, 0.717) is 4.90 Å². The molecule has 0 spiro atoms. The Morgan fingerprint density at radius 1 is 1.06 bits per heavy atom. The van der Waals surface area contributed by atoms with Crippen LogP contribution in [-0.2, 0) is 0 Å². The van der Waals surface area contributed by atoms with Crippen LogP contribution >= 0.6 is 11.8 Å². The molecule has 0 unspecified atom stereocenters. The predicted molar refractivity (Wildman–Crippen MR) is 65.6 cm³/mol. The highest BCUT2D eigenvalue weighted by Gasteiger charge is 2.05. The Morgan fingerprint density at radius 3 is 2.22 bits per heavy atom. The second kappa shape index (κ2) is 5.10. The summed E-state index contributed by atoms with van der Waals surface area (Å²) < 4.78 is 13.1. The molecule has 0 atom stereocenters. The van der Waals surface area contributed by atoms with Crippen LogP contribution in [0, 0.1) is 5.82 Å². The van der Waals surface area contributed by atoms with Gasteiger partial charge in [0.25, 0.3) is 0 Å². The molecule has 0 aliphatic carbocycles. The Labute approximate surface area is 107 Å². The maximum atomic E-state index is 13.1. The SMILES string of the molecule is O=C(O)c1ccc(Sc2ccc(O)c(F)c2)cc1. The lowest BCUT2D eigenvalue weighted by Crippen LogP contribution is -1.94. The zero-order valence-electron chi connectivity index (χ0n) is 9.13. The van der Waals surface area contributed by atoms with E-state index in [4.69, 9.17) is 10.2 Å². The van der Waals surface area contributed by atoms with Crippen LogP contribution < -0.4 is 0 Å². The van der Waals surface area contributed by atoms with Gasteiger partial charge in [0.15, 0.2) is 11.6 Å². The minimum Gasteiger partial charge on any atom is -0.505 e. The molecule has 3 nitrogen and oxygen atoms in total. The molecule has 2 aromatic rings. The highest BCUT2D eigenvalue weighted by Crippen LogP contribution is 2.30. The summed E-state index contributed by atoms with van der Waals surface area (Å²) >= 11 is 1.29. The first kappa shape index (κ1) is 12.4. The van der Waals surface area contributed by atoms with Crippen molar-refractivity contribution in [3.05, 3.63) is 53.8 Å². The molecule has 0 bridgehead atoms. The lowest BCUT2D eigenvalue weighted by Gasteiger charge is -2.03. The van der Waals surface area contributed by atoms with E-state index < -0.39 is 11.8 Å². The van der Waals surface area contributed by atoms with Crippen LogP contribution in [0.3, 0.4) is 0 Å². The first-order chi connectivity index (χ1) is 8.56. The molecule has 0 saturated heterocycles. The summed E-state index contributed by atoms with van der Waals surface area (Å²) in [7, 11) is 0. The number of carboxylic acids is 1. The molecule has 0 fully saturated rings. The van der Waals surface area contributed by atoms with Crippen molar-refractivity contribution in [3.63, 3.8) is 0 Å². The smallest absolute Gasteiger partial charge is 0.335 e. The van der Waals surface area contributed by atoms with Gasteiger partial charge in [-0.3, -0.25) is 0 Å². The number of aromatic hydroxyl groups is 1. The van der Waals surface area contributed by atoms with E-state index in [1.54, 1.807) is 18.2 Å². The molecule has 2 rings (SSSR count). The molecule has 2 N–H and O–H groups in total. The van der Waals surface area contributed by atoms with E-state index in [0.717, 1.165) is 4.90 Å². The molecular formula is C13H9FO3S. The van der Waals surface area contributed by atoms with Gasteiger partial charge in [0, 0.05) is 9.79 Å². The Balaban J connectivity index is 2.18. The van der Waals surface area contributed by atoms with Crippen LogP contribution in [0.15, 0.2) is 52.3 Å². The molecular weight excluding hydrogens is 255 g/mol. The monoisotopic (exact) mass is 264 g/mol. The number of phenolic OH excluding ortho intramolecular Hbond substituents is 1. The number of phenols is 1. The predicted octanol–water partition coefficient (Wildman–Crippen LogP) is 3.38. The summed E-state index contributed by atoms with van der Waals surface area (Å²) in [4.78, 5) is 12.1. The molecule has 0 saturated carbocycles. The van der Waals surface area contributed by atoms with Gasteiger partial charge in [0.2, 0.25) is 0 Å². The number of benzene rings is 2. The molecule has 18 heavy (non-hydrogen) atoms. The summed E-state index contributed by atoms with van der Waals surface area (Å²) in [5, 5.41) is 17.8. The van der Waals surface area contributed by atoms with Gasteiger partial charge in [-0.25, -0.2) is 9.18 Å². The molecule has 0 aromatic heterocycles. The van der Waals surface area contributed by atoms with Crippen molar-refractivity contribution in [2.75, 3.05) is 0 Å². The summed E-state index contributed by atoms with van der Waals surface area (Å²) in [6.45, 7) is 0. The van der Waals surface area contributed by atoms with Crippen LogP contribution in [-0.4, -0.2) is 16.2 Å². The lowest BCUT2D eigenvalue weighted by atomic mass is 10.2. The third-order valence-corrected chi connectivity index (χ3v) is 3.25. The van der Waals surface area contributed by atoms with E-state index in [2.05, 4.69) is 0 Å². The second-order valence-electron chi connectivity index (χ2n) is 3.54. The third kappa shape index (κ3) is 2.81. The van der Waals surface area contributed by atoms with E-state index in [9.17, 15) is 9.18 Å². The van der Waals surface area contributed by atoms with E-state index >= 15 is 0 Å². The Hall–Kier alpha value is -2.01. The van der Waals surface area contributed by atoms with Crippen LogP contribution in [0.25, 0.3) is 0 Å². The van der Waals surface area contributed by atoms with Crippen molar-refractivity contribution >= 4 is 17.7 Å². The van der Waals surface area contributed by atoms with Crippen molar-refractivity contribution in [2.24, 2.45) is 0 Å². The zero-order valence-corrected chi connectivity index (χ0v) is 9.95. The van der Waals surface area contributed by atoms with Gasteiger partial charge in [-0.1, -0.05) is 11.8 Å². The molecule has 0 aliphatic rings. The van der Waals surface area contributed by atoms with E-state index in [1.165, 1.54) is 36.0 Å². The molecule has 0 heterocycles. The van der Waals surface area contributed by atoms with Crippen LogP contribution in [0.4, 0.5) is 4.39 Å². The molecule has 0 radical (unpaired) electrons. The number of hydrogen-bond donors (Lipinski definition) is 2. The fraction of sp³-hybridized carbons (Fsp3) is 0. The molecule has 2 aromatic carbocycles. The third-order valence-electron chi connectivity index (χ3n) is 2.26. The van der Waals surface area contributed by atoms with Crippen LogP contribution in [0.1, 0.15) is 10.4 Å². The van der Waals surface area contributed by atoms with Gasteiger partial charge < -0.3 is 10.2 Å². The topological polar surface area (TPSA) is 57.5 Å². The highest BCUT2D eigenvalue weighted by atomic mass is 32.2. The maximum absolute atomic E-state index is 13.1. The molecule has 92 valence electrons. The van der Waals surface area contributed by atoms with Gasteiger partial charge in [0.05, 0.1) is 5.56 Å². The first-order valence-corrected chi connectivity index (χ1v) is 5.87. The normalized spacial score (nSPS) is 10.3. The number of halogens is 1. The summed E-state index contributed by atoms with van der Waals surface area (Å²) in [6.07, 6.45) is 0. The van der Waals surface area contributed by atoms with Gasteiger partial charge in [-0.05, 0) is 42.5 Å². The lowest BCUT2D eigenvalue weighted by molar-refractivity contribution is 0.0697. The van der Waals surface area contributed by atoms with Crippen molar-refractivity contribution in [1.29, 1.82) is 0 Å². The minimum absolute atomic E-state index is 0.205. The van der Waals surface area contributed by atoms with Gasteiger partial charge in [-0.2, -0.15) is 0 Å². The van der Waals surface area contributed by atoms with Crippen molar-refractivity contribution in [2.45, 2.75) is 9.79 Å². The van der Waals surface area contributed by atoms with Gasteiger partial charge in [-0.15, -0.1) is 0 Å². The number of aromatic carboxylic acids is 1. The number of hydrogen-bond acceptors (Lipinski definition) is 3. The second-order valence-corrected chi connectivity index (χ2v) is 4.69. The molecule has 0 aliphatic heterocycles. The highest BCUT2D eigenvalue weighted by molar-refractivity contribution is 7.99. The standard InChI is InChI=1S/C13H9FO3S/c14-11-7-10(5-6-12(11)15)18-9-3-1-8(2-4-9)13(16)17/h1-7,15H,(H,16,17). The number of carboxylic acid groups (broad SMARTS) is 1. The summed E-state index contributed by atoms with van der Waals surface area (Å²) in [6, 6.07) is 10.4. The fourth-order valence-electron chi connectivity index (χ4n) is 1.35.